The first-order valence-electron chi connectivity index (χ1n) is 10.2. The topological polar surface area (TPSA) is 80.6 Å². The minimum atomic E-state index is -0.960. The van der Waals surface area contributed by atoms with E-state index < -0.39 is 18.0 Å². The average Bonchev–Trinajstić information content (AvgIpc) is 3.26. The molecule has 1 N–H and O–H groups in total. The van der Waals surface area contributed by atoms with Gasteiger partial charge in [-0.2, -0.15) is 4.99 Å². The second-order valence-electron chi connectivity index (χ2n) is 7.93. The fourth-order valence-electron chi connectivity index (χ4n) is 4.55. The number of rotatable bonds is 3. The number of aliphatic imine (C=N–C) groups is 1. The van der Waals surface area contributed by atoms with Crippen LogP contribution in [0, 0.1) is 0 Å². The molecule has 3 aliphatic heterocycles. The number of amides is 1. The van der Waals surface area contributed by atoms with E-state index in [9.17, 15) is 9.90 Å². The predicted molar refractivity (Wildman–Crippen MR) is 109 cm³/mol. The van der Waals surface area contributed by atoms with Crippen molar-refractivity contribution in [1.29, 1.82) is 0 Å². The third kappa shape index (κ3) is 3.24. The van der Waals surface area contributed by atoms with Crippen molar-refractivity contribution in [3.8, 4) is 5.75 Å². The van der Waals surface area contributed by atoms with E-state index in [0.29, 0.717) is 44.1 Å². The van der Waals surface area contributed by atoms with Crippen molar-refractivity contribution in [2.24, 2.45) is 4.99 Å². The van der Waals surface area contributed by atoms with E-state index >= 15 is 0 Å². The smallest absolute Gasteiger partial charge is 0.296 e. The van der Waals surface area contributed by atoms with Crippen LogP contribution in [0.25, 0.3) is 0 Å². The van der Waals surface area contributed by atoms with Crippen molar-refractivity contribution >= 4 is 11.9 Å². The molecule has 1 saturated heterocycles. The standard InChI is InChI=1S/C23H24N2O5/c1-28-16-7-8-18-17(14-16)21(27)30-23(18)9-11-25(12-10-23)22-24-20(26)19(29-22)13-15-5-3-2-4-6-15/h2-8,14,19,21,27H,9-13H2,1H3. The zero-order chi connectivity index (χ0) is 20.7. The number of piperidine rings is 1. The van der Waals surface area contributed by atoms with Crippen LogP contribution in [0.15, 0.2) is 53.5 Å². The van der Waals surface area contributed by atoms with Crippen LogP contribution < -0.4 is 4.74 Å². The first-order chi connectivity index (χ1) is 14.6. The third-order valence-electron chi connectivity index (χ3n) is 6.19. The van der Waals surface area contributed by atoms with E-state index in [0.717, 1.165) is 16.7 Å². The highest BCUT2D eigenvalue weighted by molar-refractivity contribution is 5.98. The molecule has 1 amide bonds. The summed E-state index contributed by atoms with van der Waals surface area (Å²) in [5.41, 5.74) is 2.27. The van der Waals surface area contributed by atoms with E-state index in [2.05, 4.69) is 4.99 Å². The Hall–Kier alpha value is -2.90. The predicted octanol–water partition coefficient (Wildman–Crippen LogP) is 2.53. The Bertz CT molecular complexity index is 982. The first-order valence-corrected chi connectivity index (χ1v) is 10.2. The maximum Gasteiger partial charge on any atom is 0.296 e. The van der Waals surface area contributed by atoms with E-state index in [1.165, 1.54) is 0 Å². The molecule has 2 aromatic rings. The van der Waals surface area contributed by atoms with Gasteiger partial charge >= 0.3 is 0 Å². The summed E-state index contributed by atoms with van der Waals surface area (Å²) in [6, 6.07) is 15.9. The Morgan fingerprint density at radius 1 is 1.20 bits per heavy atom. The Labute approximate surface area is 174 Å². The quantitative estimate of drug-likeness (QED) is 0.841. The Morgan fingerprint density at radius 3 is 2.70 bits per heavy atom. The zero-order valence-electron chi connectivity index (χ0n) is 16.8. The van der Waals surface area contributed by atoms with Crippen LogP contribution in [0.1, 0.15) is 35.8 Å². The van der Waals surface area contributed by atoms with Gasteiger partial charge in [-0.25, -0.2) is 0 Å². The molecule has 2 atom stereocenters. The van der Waals surface area contributed by atoms with Crippen LogP contribution in [-0.4, -0.2) is 48.2 Å². The highest BCUT2D eigenvalue weighted by Crippen LogP contribution is 2.49. The van der Waals surface area contributed by atoms with Crippen molar-refractivity contribution in [1.82, 2.24) is 4.90 Å². The van der Waals surface area contributed by atoms with Gasteiger partial charge in [-0.15, -0.1) is 0 Å². The lowest BCUT2D eigenvalue weighted by molar-refractivity contribution is -0.186. The van der Waals surface area contributed by atoms with Crippen molar-refractivity contribution in [2.75, 3.05) is 20.2 Å². The number of benzene rings is 2. The molecule has 7 heteroatoms. The Balaban J connectivity index is 1.26. The molecule has 3 heterocycles. The number of amidine groups is 1. The minimum Gasteiger partial charge on any atom is -0.497 e. The first kappa shape index (κ1) is 19.1. The summed E-state index contributed by atoms with van der Waals surface area (Å²) in [5, 5.41) is 10.4. The summed E-state index contributed by atoms with van der Waals surface area (Å²) in [5.74, 6) is 0.460. The molecule has 0 saturated carbocycles. The van der Waals surface area contributed by atoms with Gasteiger partial charge in [0.2, 0.25) is 0 Å². The van der Waals surface area contributed by atoms with Crippen LogP contribution in [0.3, 0.4) is 0 Å². The molecule has 0 aliphatic carbocycles. The third-order valence-corrected chi connectivity index (χ3v) is 6.19. The molecule has 7 nitrogen and oxygen atoms in total. The highest BCUT2D eigenvalue weighted by atomic mass is 16.6. The molecular weight excluding hydrogens is 384 g/mol. The van der Waals surface area contributed by atoms with Gasteiger partial charge in [-0.3, -0.25) is 4.79 Å². The molecule has 0 bridgehead atoms. The number of nitrogens with zero attached hydrogens (tertiary/aromatic N) is 2. The number of ether oxygens (including phenoxy) is 3. The van der Waals surface area contributed by atoms with Gasteiger partial charge in [0, 0.05) is 25.1 Å². The molecule has 3 aliphatic rings. The summed E-state index contributed by atoms with van der Waals surface area (Å²) in [4.78, 5) is 18.5. The number of carbonyl (C=O) groups is 1. The number of aliphatic hydroxyl groups is 1. The van der Waals surface area contributed by atoms with E-state index in [1.807, 2.05) is 53.4 Å². The summed E-state index contributed by atoms with van der Waals surface area (Å²) in [6.45, 7) is 1.25. The number of aliphatic hydroxyl groups excluding tert-OH is 1. The molecular formula is C23H24N2O5. The van der Waals surface area contributed by atoms with E-state index in [1.54, 1.807) is 7.11 Å². The minimum absolute atomic E-state index is 0.237. The fourth-order valence-corrected chi connectivity index (χ4v) is 4.55. The number of carbonyl (C=O) groups excluding carboxylic acids is 1. The Morgan fingerprint density at radius 2 is 1.97 bits per heavy atom. The average molecular weight is 408 g/mol. The van der Waals surface area contributed by atoms with Crippen molar-refractivity contribution in [3.05, 3.63) is 65.2 Å². The van der Waals surface area contributed by atoms with Crippen LogP contribution in [0.5, 0.6) is 5.75 Å². The Kier molecular flexibility index (Phi) is 4.72. The number of hydrogen-bond acceptors (Lipinski definition) is 6. The van der Waals surface area contributed by atoms with Crippen LogP contribution in [-0.2, 0) is 26.3 Å². The summed E-state index contributed by atoms with van der Waals surface area (Å²) < 4.78 is 17.2. The molecule has 2 unspecified atom stereocenters. The van der Waals surface area contributed by atoms with Gasteiger partial charge in [0.15, 0.2) is 12.4 Å². The molecule has 30 heavy (non-hydrogen) atoms. The van der Waals surface area contributed by atoms with Crippen LogP contribution in [0.2, 0.25) is 0 Å². The zero-order valence-corrected chi connectivity index (χ0v) is 16.8. The summed E-state index contributed by atoms with van der Waals surface area (Å²) in [7, 11) is 1.60. The fraction of sp³-hybridized carbons (Fsp3) is 0.391. The normalized spacial score (nSPS) is 24.5. The molecule has 2 aromatic carbocycles. The molecule has 5 rings (SSSR count). The van der Waals surface area contributed by atoms with Gasteiger partial charge in [0.05, 0.1) is 7.11 Å². The largest absolute Gasteiger partial charge is 0.497 e. The van der Waals surface area contributed by atoms with Crippen molar-refractivity contribution < 1.29 is 24.1 Å². The van der Waals surface area contributed by atoms with Gasteiger partial charge in [0.1, 0.15) is 11.4 Å². The van der Waals surface area contributed by atoms with Gasteiger partial charge in [-0.1, -0.05) is 36.4 Å². The maximum atomic E-state index is 12.3. The summed E-state index contributed by atoms with van der Waals surface area (Å²) in [6.07, 6.45) is 0.316. The van der Waals surface area contributed by atoms with Crippen molar-refractivity contribution in [3.63, 3.8) is 0 Å². The second-order valence-corrected chi connectivity index (χ2v) is 7.93. The lowest BCUT2D eigenvalue weighted by atomic mass is 9.84. The highest BCUT2D eigenvalue weighted by Gasteiger charge is 2.47. The maximum absolute atomic E-state index is 12.3. The van der Waals surface area contributed by atoms with Gasteiger partial charge < -0.3 is 24.2 Å². The van der Waals surface area contributed by atoms with Crippen LogP contribution in [0.4, 0.5) is 0 Å². The summed E-state index contributed by atoms with van der Waals surface area (Å²) >= 11 is 0. The van der Waals surface area contributed by atoms with Gasteiger partial charge in [-0.05, 0) is 36.1 Å². The molecule has 1 spiro atoms. The molecule has 0 radical (unpaired) electrons. The number of likely N-dealkylation sites (tertiary alicyclic amines) is 1. The monoisotopic (exact) mass is 408 g/mol. The molecule has 0 aromatic heterocycles. The number of hydrogen-bond donors (Lipinski definition) is 1. The lowest BCUT2D eigenvalue weighted by Gasteiger charge is -2.39. The number of fused-ring (bicyclic) bond motifs is 2. The van der Waals surface area contributed by atoms with Crippen LogP contribution >= 0.6 is 0 Å². The molecule has 156 valence electrons. The number of methoxy groups -OCH3 is 1. The van der Waals surface area contributed by atoms with E-state index in [-0.39, 0.29) is 5.91 Å². The second kappa shape index (κ2) is 7.41. The lowest BCUT2D eigenvalue weighted by Crippen LogP contribution is -2.45. The van der Waals surface area contributed by atoms with E-state index in [4.69, 9.17) is 14.2 Å². The van der Waals surface area contributed by atoms with Crippen molar-refractivity contribution in [2.45, 2.75) is 37.3 Å². The molecule has 1 fully saturated rings. The SMILES string of the molecule is COc1ccc2c(c1)C(O)OC21CCN(C2=NC(=O)C(Cc3ccccc3)O2)CC1. The van der Waals surface area contributed by atoms with Gasteiger partial charge in [0.25, 0.3) is 11.9 Å².